The first-order valence-electron chi connectivity index (χ1n) is 7.83. The van der Waals surface area contributed by atoms with Crippen LogP contribution in [0.15, 0.2) is 47.6 Å². The minimum atomic E-state index is -0.784. The van der Waals surface area contributed by atoms with Crippen molar-refractivity contribution in [1.82, 2.24) is 14.8 Å². The van der Waals surface area contributed by atoms with Gasteiger partial charge in [0, 0.05) is 18.9 Å². The zero-order valence-corrected chi connectivity index (χ0v) is 14.9. The Kier molecular flexibility index (Phi) is 5.51. The molecule has 0 bridgehead atoms. The number of thioether (sulfide) groups is 1. The van der Waals surface area contributed by atoms with Crippen molar-refractivity contribution in [3.05, 3.63) is 71.3 Å². The molecule has 2 aromatic carbocycles. The number of halogens is 3. The predicted molar refractivity (Wildman–Crippen MR) is 92.4 cm³/mol. The highest BCUT2D eigenvalue weighted by molar-refractivity contribution is 7.98. The lowest BCUT2D eigenvalue weighted by molar-refractivity contribution is 0.201. The molecule has 0 aliphatic carbocycles. The number of ether oxygens (including phenoxy) is 1. The molecule has 0 saturated heterocycles. The van der Waals surface area contributed by atoms with Gasteiger partial charge in [0.05, 0.1) is 0 Å². The Morgan fingerprint density at radius 2 is 1.85 bits per heavy atom. The standard InChI is InChI=1S/C18H16F3N3OS/c1-11(25-16-8-7-13(19)9-15(16)21)17-22-23-18(24(17)2)26-10-12-5-3-4-6-14(12)20/h3-9,11H,10H2,1-2H3. The molecule has 0 amide bonds. The molecule has 0 aliphatic rings. The van der Waals surface area contributed by atoms with Gasteiger partial charge in [-0.15, -0.1) is 10.2 Å². The molecule has 136 valence electrons. The average molecular weight is 379 g/mol. The Labute approximate surface area is 153 Å². The van der Waals surface area contributed by atoms with Gasteiger partial charge in [-0.2, -0.15) is 0 Å². The molecule has 1 heterocycles. The first-order valence-corrected chi connectivity index (χ1v) is 8.81. The van der Waals surface area contributed by atoms with Gasteiger partial charge in [0.1, 0.15) is 11.6 Å². The Morgan fingerprint density at radius 3 is 2.58 bits per heavy atom. The van der Waals surface area contributed by atoms with Crippen molar-refractivity contribution in [2.45, 2.75) is 23.9 Å². The van der Waals surface area contributed by atoms with E-state index in [1.165, 1.54) is 23.9 Å². The zero-order chi connectivity index (χ0) is 18.7. The van der Waals surface area contributed by atoms with Crippen LogP contribution in [-0.4, -0.2) is 14.8 Å². The van der Waals surface area contributed by atoms with Crippen molar-refractivity contribution >= 4 is 11.8 Å². The first kappa shape index (κ1) is 18.3. The second-order valence-electron chi connectivity index (χ2n) is 5.61. The third kappa shape index (κ3) is 4.01. The number of nitrogens with zero attached hydrogens (tertiary/aromatic N) is 3. The van der Waals surface area contributed by atoms with Gasteiger partial charge in [-0.1, -0.05) is 30.0 Å². The maximum Gasteiger partial charge on any atom is 0.191 e. The summed E-state index contributed by atoms with van der Waals surface area (Å²) in [5, 5.41) is 8.73. The van der Waals surface area contributed by atoms with Crippen LogP contribution in [0.1, 0.15) is 24.4 Å². The van der Waals surface area contributed by atoms with Gasteiger partial charge in [0.2, 0.25) is 0 Å². The second-order valence-corrected chi connectivity index (χ2v) is 6.56. The number of benzene rings is 2. The van der Waals surface area contributed by atoms with Gasteiger partial charge < -0.3 is 9.30 Å². The molecule has 0 spiro atoms. The monoisotopic (exact) mass is 379 g/mol. The van der Waals surface area contributed by atoms with Crippen molar-refractivity contribution in [2.24, 2.45) is 7.05 Å². The molecule has 0 N–H and O–H groups in total. The normalized spacial score (nSPS) is 12.2. The third-order valence-corrected chi connectivity index (χ3v) is 4.81. The topological polar surface area (TPSA) is 39.9 Å². The van der Waals surface area contributed by atoms with Crippen LogP contribution in [0.4, 0.5) is 13.2 Å². The van der Waals surface area contributed by atoms with Crippen LogP contribution in [-0.2, 0) is 12.8 Å². The summed E-state index contributed by atoms with van der Waals surface area (Å²) in [6.07, 6.45) is -0.602. The third-order valence-electron chi connectivity index (χ3n) is 3.74. The molecule has 0 aliphatic heterocycles. The molecule has 8 heteroatoms. The highest BCUT2D eigenvalue weighted by Crippen LogP contribution is 2.27. The van der Waals surface area contributed by atoms with Crippen molar-refractivity contribution in [3.8, 4) is 5.75 Å². The summed E-state index contributed by atoms with van der Waals surface area (Å²) < 4.78 is 47.6. The average Bonchev–Trinajstić information content (AvgIpc) is 2.97. The van der Waals surface area contributed by atoms with Crippen LogP contribution in [0, 0.1) is 17.5 Å². The smallest absolute Gasteiger partial charge is 0.191 e. The molecule has 4 nitrogen and oxygen atoms in total. The molecule has 3 aromatic rings. The molecule has 1 aromatic heterocycles. The van der Waals surface area contributed by atoms with E-state index in [2.05, 4.69) is 10.2 Å². The van der Waals surface area contributed by atoms with E-state index < -0.39 is 17.7 Å². The molecule has 0 fully saturated rings. The number of hydrogen-bond acceptors (Lipinski definition) is 4. The van der Waals surface area contributed by atoms with Crippen LogP contribution in [0.5, 0.6) is 5.75 Å². The van der Waals surface area contributed by atoms with Gasteiger partial charge in [-0.25, -0.2) is 13.2 Å². The van der Waals surface area contributed by atoms with Gasteiger partial charge in [0.15, 0.2) is 28.7 Å². The van der Waals surface area contributed by atoms with Crippen molar-refractivity contribution < 1.29 is 17.9 Å². The Morgan fingerprint density at radius 1 is 1.08 bits per heavy atom. The van der Waals surface area contributed by atoms with E-state index in [1.807, 2.05) is 0 Å². The Hall–Kier alpha value is -2.48. The fourth-order valence-electron chi connectivity index (χ4n) is 2.38. The lowest BCUT2D eigenvalue weighted by Crippen LogP contribution is -2.11. The van der Waals surface area contributed by atoms with E-state index in [1.54, 1.807) is 36.7 Å². The van der Waals surface area contributed by atoms with Gasteiger partial charge >= 0.3 is 0 Å². The minimum Gasteiger partial charge on any atom is -0.480 e. The lowest BCUT2D eigenvalue weighted by Gasteiger charge is -2.14. The maximum atomic E-state index is 13.7. The minimum absolute atomic E-state index is 0.0672. The summed E-state index contributed by atoms with van der Waals surface area (Å²) in [5.41, 5.74) is 0.569. The van der Waals surface area contributed by atoms with Crippen molar-refractivity contribution in [2.75, 3.05) is 0 Å². The zero-order valence-electron chi connectivity index (χ0n) is 14.1. The molecule has 0 radical (unpaired) electrons. The van der Waals surface area contributed by atoms with E-state index >= 15 is 0 Å². The fraction of sp³-hybridized carbons (Fsp3) is 0.222. The van der Waals surface area contributed by atoms with Gasteiger partial charge in [-0.05, 0) is 30.7 Å². The van der Waals surface area contributed by atoms with E-state index in [4.69, 9.17) is 4.74 Å². The maximum absolute atomic E-state index is 13.7. The molecular weight excluding hydrogens is 363 g/mol. The molecule has 1 atom stereocenters. The van der Waals surface area contributed by atoms with Gasteiger partial charge in [-0.3, -0.25) is 0 Å². The quantitative estimate of drug-likeness (QED) is 0.584. The van der Waals surface area contributed by atoms with E-state index in [9.17, 15) is 13.2 Å². The fourth-order valence-corrected chi connectivity index (χ4v) is 3.28. The van der Waals surface area contributed by atoms with Crippen LogP contribution in [0.25, 0.3) is 0 Å². The molecular formula is C18H16F3N3OS. The van der Waals surface area contributed by atoms with Crippen LogP contribution < -0.4 is 4.74 Å². The van der Waals surface area contributed by atoms with E-state index in [-0.39, 0.29) is 11.6 Å². The summed E-state index contributed by atoms with van der Waals surface area (Å²) >= 11 is 1.33. The van der Waals surface area contributed by atoms with Crippen LogP contribution in [0.3, 0.4) is 0 Å². The lowest BCUT2D eigenvalue weighted by atomic mass is 10.2. The van der Waals surface area contributed by atoms with Crippen LogP contribution >= 0.6 is 11.8 Å². The summed E-state index contributed by atoms with van der Waals surface area (Å²) in [6, 6.07) is 9.64. The highest BCUT2D eigenvalue weighted by Gasteiger charge is 2.19. The number of rotatable bonds is 6. The Bertz CT molecular complexity index is 916. The first-order chi connectivity index (χ1) is 12.5. The molecule has 26 heavy (non-hydrogen) atoms. The largest absolute Gasteiger partial charge is 0.480 e. The summed E-state index contributed by atoms with van der Waals surface area (Å²) in [7, 11) is 1.75. The van der Waals surface area contributed by atoms with E-state index in [0.29, 0.717) is 22.3 Å². The van der Waals surface area contributed by atoms with E-state index in [0.717, 1.165) is 12.1 Å². The van der Waals surface area contributed by atoms with Crippen LogP contribution in [0.2, 0.25) is 0 Å². The molecule has 3 rings (SSSR count). The molecule has 0 saturated carbocycles. The highest BCUT2D eigenvalue weighted by atomic mass is 32.2. The van der Waals surface area contributed by atoms with Gasteiger partial charge in [0.25, 0.3) is 0 Å². The predicted octanol–water partition coefficient (Wildman–Crippen LogP) is 4.66. The number of hydrogen-bond donors (Lipinski definition) is 0. The summed E-state index contributed by atoms with van der Waals surface area (Å²) in [4.78, 5) is 0. The Balaban J connectivity index is 1.70. The summed E-state index contributed by atoms with van der Waals surface area (Å²) in [6.45, 7) is 1.69. The SMILES string of the molecule is CC(Oc1ccc(F)cc1F)c1nnc(SCc2ccccc2F)n1C. The van der Waals surface area contributed by atoms with Crippen molar-refractivity contribution in [3.63, 3.8) is 0 Å². The van der Waals surface area contributed by atoms with Crippen molar-refractivity contribution in [1.29, 1.82) is 0 Å². The number of aromatic nitrogens is 3. The summed E-state index contributed by atoms with van der Waals surface area (Å²) in [5.74, 6) is -0.917. The molecule has 1 unspecified atom stereocenters. The second kappa shape index (κ2) is 7.82.